The lowest BCUT2D eigenvalue weighted by Gasteiger charge is -2.10. The van der Waals surface area contributed by atoms with Crippen molar-refractivity contribution in [3.63, 3.8) is 0 Å². The van der Waals surface area contributed by atoms with Crippen molar-refractivity contribution in [2.75, 3.05) is 7.11 Å². The Hall–Kier alpha value is -3.80. The Kier molecular flexibility index (Phi) is 3.76. The second-order valence-corrected chi connectivity index (χ2v) is 6.34. The van der Waals surface area contributed by atoms with E-state index in [-0.39, 0.29) is 5.82 Å². The van der Waals surface area contributed by atoms with Crippen molar-refractivity contribution in [3.05, 3.63) is 78.6 Å². The van der Waals surface area contributed by atoms with Gasteiger partial charge in [-0.3, -0.25) is 4.57 Å². The first-order chi connectivity index (χ1) is 13.7. The first-order valence-electron chi connectivity index (χ1n) is 8.78. The molecule has 0 unspecified atom stereocenters. The zero-order valence-electron chi connectivity index (χ0n) is 15.0. The molecule has 5 nitrogen and oxygen atoms in total. The molecule has 2 aromatic heterocycles. The maximum Gasteiger partial charge on any atom is 0.199 e. The molecular formula is C22H15FN4O. The molecule has 3 aromatic carbocycles. The zero-order valence-corrected chi connectivity index (χ0v) is 15.0. The first-order valence-corrected chi connectivity index (χ1v) is 8.78. The second kappa shape index (κ2) is 6.42. The van der Waals surface area contributed by atoms with Crippen LogP contribution in [0, 0.1) is 5.82 Å². The normalized spacial score (nSPS) is 11.2. The summed E-state index contributed by atoms with van der Waals surface area (Å²) in [5.41, 5.74) is 4.33. The summed E-state index contributed by atoms with van der Waals surface area (Å²) in [6.07, 6.45) is 0. The van der Waals surface area contributed by atoms with Crippen LogP contribution in [0.5, 0.6) is 5.75 Å². The minimum atomic E-state index is -0.297. The Labute approximate surface area is 160 Å². The van der Waals surface area contributed by atoms with Crippen molar-refractivity contribution in [2.24, 2.45) is 0 Å². The minimum absolute atomic E-state index is 0.297. The third-order valence-electron chi connectivity index (χ3n) is 4.58. The number of methoxy groups -OCH3 is 1. The van der Waals surface area contributed by atoms with Crippen molar-refractivity contribution in [2.45, 2.75) is 0 Å². The molecule has 136 valence electrons. The molecule has 0 spiro atoms. The van der Waals surface area contributed by atoms with Gasteiger partial charge in [0.2, 0.25) is 0 Å². The molecule has 0 aliphatic rings. The van der Waals surface area contributed by atoms with Crippen LogP contribution in [0.2, 0.25) is 0 Å². The standard InChI is InChI=1S/C22H15FN4O/c1-28-17-6-4-5-16(13-17)27-21(14-9-11-15(23)12-10-14)26-20-22(27)25-19-8-3-2-7-18(19)24-20/h2-13H,1H3. The van der Waals surface area contributed by atoms with Crippen LogP contribution < -0.4 is 4.74 Å². The molecule has 5 rings (SSSR count). The van der Waals surface area contributed by atoms with E-state index in [9.17, 15) is 4.39 Å². The van der Waals surface area contributed by atoms with Crippen LogP contribution in [-0.4, -0.2) is 26.6 Å². The average molecular weight is 370 g/mol. The van der Waals surface area contributed by atoms with Crippen LogP contribution in [0.15, 0.2) is 72.8 Å². The first kappa shape index (κ1) is 16.4. The van der Waals surface area contributed by atoms with Crippen molar-refractivity contribution < 1.29 is 9.13 Å². The van der Waals surface area contributed by atoms with Gasteiger partial charge in [0.1, 0.15) is 17.4 Å². The maximum absolute atomic E-state index is 13.4. The van der Waals surface area contributed by atoms with Gasteiger partial charge in [0, 0.05) is 11.6 Å². The van der Waals surface area contributed by atoms with Gasteiger partial charge in [0.25, 0.3) is 0 Å². The molecule has 28 heavy (non-hydrogen) atoms. The van der Waals surface area contributed by atoms with E-state index in [1.165, 1.54) is 12.1 Å². The fourth-order valence-corrected chi connectivity index (χ4v) is 3.24. The van der Waals surface area contributed by atoms with Crippen LogP contribution in [-0.2, 0) is 0 Å². The Morgan fingerprint density at radius 3 is 2.32 bits per heavy atom. The van der Waals surface area contributed by atoms with E-state index in [1.54, 1.807) is 19.2 Å². The molecule has 0 saturated carbocycles. The Bertz CT molecular complexity index is 1310. The molecule has 0 atom stereocenters. The number of nitrogens with zero attached hydrogens (tertiary/aromatic N) is 4. The molecule has 0 aliphatic heterocycles. The average Bonchev–Trinajstić information content (AvgIpc) is 3.10. The van der Waals surface area contributed by atoms with Crippen molar-refractivity contribution >= 4 is 22.3 Å². The SMILES string of the molecule is COc1cccc(-n2c(-c3ccc(F)cc3)nc3nc4ccccc4nc32)c1. The van der Waals surface area contributed by atoms with Gasteiger partial charge >= 0.3 is 0 Å². The lowest BCUT2D eigenvalue weighted by atomic mass is 10.2. The summed E-state index contributed by atoms with van der Waals surface area (Å²) in [6, 6.07) is 21.6. The highest BCUT2D eigenvalue weighted by molar-refractivity contribution is 5.86. The van der Waals surface area contributed by atoms with Gasteiger partial charge in [-0.2, -0.15) is 0 Å². The van der Waals surface area contributed by atoms with Gasteiger partial charge in [-0.05, 0) is 48.5 Å². The third kappa shape index (κ3) is 2.66. The predicted octanol–water partition coefficient (Wildman–Crippen LogP) is 4.78. The van der Waals surface area contributed by atoms with Gasteiger partial charge < -0.3 is 4.74 Å². The number of imidazole rings is 1. The van der Waals surface area contributed by atoms with Crippen molar-refractivity contribution in [3.8, 4) is 22.8 Å². The van der Waals surface area contributed by atoms with Crippen LogP contribution in [0.1, 0.15) is 0 Å². The number of aromatic nitrogens is 4. The summed E-state index contributed by atoms with van der Waals surface area (Å²) < 4.78 is 20.7. The Morgan fingerprint density at radius 1 is 0.821 bits per heavy atom. The number of hydrogen-bond donors (Lipinski definition) is 0. The Morgan fingerprint density at radius 2 is 1.57 bits per heavy atom. The quantitative estimate of drug-likeness (QED) is 0.458. The number of fused-ring (bicyclic) bond motifs is 2. The lowest BCUT2D eigenvalue weighted by Crippen LogP contribution is -2.00. The minimum Gasteiger partial charge on any atom is -0.497 e. The van der Waals surface area contributed by atoms with Crippen LogP contribution in [0.4, 0.5) is 4.39 Å². The molecule has 0 bridgehead atoms. The second-order valence-electron chi connectivity index (χ2n) is 6.34. The lowest BCUT2D eigenvalue weighted by molar-refractivity contribution is 0.414. The molecule has 0 fully saturated rings. The molecule has 6 heteroatoms. The van der Waals surface area contributed by atoms with Gasteiger partial charge in [-0.25, -0.2) is 19.3 Å². The number of hydrogen-bond acceptors (Lipinski definition) is 4. The van der Waals surface area contributed by atoms with E-state index in [0.717, 1.165) is 28.0 Å². The van der Waals surface area contributed by atoms with E-state index in [2.05, 4.69) is 4.98 Å². The van der Waals surface area contributed by atoms with Gasteiger partial charge in [-0.1, -0.05) is 18.2 Å². The molecule has 0 N–H and O–H groups in total. The summed E-state index contributed by atoms with van der Waals surface area (Å²) >= 11 is 0. The largest absolute Gasteiger partial charge is 0.497 e. The topological polar surface area (TPSA) is 52.8 Å². The number of para-hydroxylation sites is 2. The van der Waals surface area contributed by atoms with Gasteiger partial charge in [-0.15, -0.1) is 0 Å². The highest BCUT2D eigenvalue weighted by Crippen LogP contribution is 2.29. The summed E-state index contributed by atoms with van der Waals surface area (Å²) in [7, 11) is 1.62. The predicted molar refractivity (Wildman–Crippen MR) is 106 cm³/mol. The van der Waals surface area contributed by atoms with E-state index < -0.39 is 0 Å². The van der Waals surface area contributed by atoms with E-state index in [4.69, 9.17) is 14.7 Å². The number of halogens is 1. The number of rotatable bonds is 3. The smallest absolute Gasteiger partial charge is 0.199 e. The third-order valence-corrected chi connectivity index (χ3v) is 4.58. The fraction of sp³-hybridized carbons (Fsp3) is 0.0455. The van der Waals surface area contributed by atoms with Crippen LogP contribution >= 0.6 is 0 Å². The van der Waals surface area contributed by atoms with E-state index in [0.29, 0.717) is 17.1 Å². The van der Waals surface area contributed by atoms with Gasteiger partial charge in [0.05, 0.1) is 23.8 Å². The molecule has 0 saturated heterocycles. The zero-order chi connectivity index (χ0) is 19.1. The summed E-state index contributed by atoms with van der Waals surface area (Å²) in [5, 5.41) is 0. The molecule has 5 aromatic rings. The van der Waals surface area contributed by atoms with Crippen molar-refractivity contribution in [1.29, 1.82) is 0 Å². The molecule has 0 aliphatic carbocycles. The Balaban J connectivity index is 1.86. The summed E-state index contributed by atoms with van der Waals surface area (Å²) in [5.74, 6) is 1.06. The van der Waals surface area contributed by atoms with Gasteiger partial charge in [0.15, 0.2) is 11.3 Å². The summed E-state index contributed by atoms with van der Waals surface area (Å²) in [6.45, 7) is 0. The van der Waals surface area contributed by atoms with E-state index >= 15 is 0 Å². The fourth-order valence-electron chi connectivity index (χ4n) is 3.24. The highest BCUT2D eigenvalue weighted by Gasteiger charge is 2.18. The highest BCUT2D eigenvalue weighted by atomic mass is 19.1. The van der Waals surface area contributed by atoms with Crippen LogP contribution in [0.3, 0.4) is 0 Å². The number of benzene rings is 3. The molecule has 2 heterocycles. The number of ether oxygens (including phenoxy) is 1. The summed E-state index contributed by atoms with van der Waals surface area (Å²) in [4.78, 5) is 14.2. The van der Waals surface area contributed by atoms with Crippen LogP contribution in [0.25, 0.3) is 39.4 Å². The van der Waals surface area contributed by atoms with E-state index in [1.807, 2.05) is 53.1 Å². The molecular weight excluding hydrogens is 355 g/mol. The maximum atomic E-state index is 13.4. The monoisotopic (exact) mass is 370 g/mol. The molecule has 0 amide bonds. The molecule has 0 radical (unpaired) electrons. The van der Waals surface area contributed by atoms with Crippen molar-refractivity contribution in [1.82, 2.24) is 19.5 Å².